The number of aliphatic hydroxyl groups excluding tert-OH is 2. The molecule has 0 aromatic rings. The summed E-state index contributed by atoms with van der Waals surface area (Å²) in [5.74, 6) is 1.08. The summed E-state index contributed by atoms with van der Waals surface area (Å²) in [6.45, 7) is 16.3. The van der Waals surface area contributed by atoms with Gasteiger partial charge in [0, 0.05) is 5.41 Å². The van der Waals surface area contributed by atoms with E-state index in [2.05, 4.69) is 54.5 Å². The Kier molecular flexibility index (Phi) is 5.36. The third kappa shape index (κ3) is 2.76. The first-order valence-corrected chi connectivity index (χ1v) is 14.0. The van der Waals surface area contributed by atoms with Crippen molar-refractivity contribution in [2.45, 2.75) is 112 Å². The van der Waals surface area contributed by atoms with Gasteiger partial charge in [-0.15, -0.1) is 0 Å². The van der Waals surface area contributed by atoms with Crippen LogP contribution in [0.1, 0.15) is 99.8 Å². The lowest BCUT2D eigenvalue weighted by Crippen LogP contribution is -2.68. The molecule has 0 heterocycles. The van der Waals surface area contributed by atoms with Crippen molar-refractivity contribution >= 4 is 5.97 Å². The summed E-state index contributed by atoms with van der Waals surface area (Å²) in [7, 11) is 0. The zero-order chi connectivity index (χ0) is 25.1. The van der Waals surface area contributed by atoms with Crippen LogP contribution in [0.2, 0.25) is 0 Å². The molecule has 5 rings (SSSR count). The summed E-state index contributed by atoms with van der Waals surface area (Å²) >= 11 is 0. The normalized spacial score (nSPS) is 56.3. The van der Waals surface area contributed by atoms with Crippen LogP contribution in [-0.4, -0.2) is 33.5 Å². The summed E-state index contributed by atoms with van der Waals surface area (Å²) in [6, 6.07) is 0. The van der Waals surface area contributed by atoms with Gasteiger partial charge in [-0.2, -0.15) is 0 Å². The maximum atomic E-state index is 12.8. The molecule has 0 aliphatic heterocycles. The van der Waals surface area contributed by atoms with Crippen molar-refractivity contribution in [3.05, 3.63) is 11.6 Å². The van der Waals surface area contributed by atoms with Crippen molar-refractivity contribution in [2.24, 2.45) is 56.7 Å². The molecule has 4 nitrogen and oxygen atoms in total. The van der Waals surface area contributed by atoms with Crippen molar-refractivity contribution in [1.82, 2.24) is 0 Å². The van der Waals surface area contributed by atoms with E-state index < -0.39 is 23.6 Å². The van der Waals surface area contributed by atoms with E-state index >= 15 is 0 Å². The standard InChI is InChI=1S/C30H48O4/c1-17-10-13-30(25(33)34)15-14-27(5)19(23(30)18(17)2)8-9-22-28(27,6)12-11-21-26(3,4)16-20(31)24(32)29(21,22)7/h8,17-18,20-24,31-32H,9-16H2,1-7H3,(H,33,34)/t17-,18+,20+,21+,22+,23+,24+,27-,28-,29+,30+/m1/s1. The minimum absolute atomic E-state index is 0.00202. The van der Waals surface area contributed by atoms with Crippen LogP contribution >= 0.6 is 0 Å². The molecule has 0 radical (unpaired) electrons. The number of hydrogen-bond donors (Lipinski definition) is 3. The highest BCUT2D eigenvalue weighted by Gasteiger charge is 2.71. The van der Waals surface area contributed by atoms with Crippen LogP contribution in [0.5, 0.6) is 0 Å². The van der Waals surface area contributed by atoms with Crippen LogP contribution in [0.15, 0.2) is 11.6 Å². The van der Waals surface area contributed by atoms with Gasteiger partial charge in [-0.05, 0) is 97.2 Å². The molecule has 192 valence electrons. The fourth-order valence-corrected chi connectivity index (χ4v) is 11.0. The molecule has 0 saturated heterocycles. The Balaban J connectivity index is 1.65. The van der Waals surface area contributed by atoms with Gasteiger partial charge in [0.15, 0.2) is 0 Å². The number of aliphatic hydroxyl groups is 2. The Labute approximate surface area is 206 Å². The molecule has 3 N–H and O–H groups in total. The average molecular weight is 473 g/mol. The van der Waals surface area contributed by atoms with Crippen LogP contribution in [0.3, 0.4) is 0 Å². The van der Waals surface area contributed by atoms with E-state index in [0.29, 0.717) is 24.2 Å². The SMILES string of the molecule is C[C@H]1[C@H](C)CC[C@]2(C(=O)O)CC[C@]3(C)C(=CC[C@@H]4[C@@]5(C)[C@@H](O)[C@@H](O)CC(C)(C)[C@@H]5CC[C@]43C)[C@H]12. The fraction of sp³-hybridized carbons (Fsp3) is 0.900. The first-order chi connectivity index (χ1) is 15.7. The first-order valence-electron chi connectivity index (χ1n) is 14.0. The van der Waals surface area contributed by atoms with Crippen LogP contribution in [0, 0.1) is 56.7 Å². The zero-order valence-electron chi connectivity index (χ0n) is 22.5. The van der Waals surface area contributed by atoms with E-state index in [-0.39, 0.29) is 33.5 Å². The smallest absolute Gasteiger partial charge is 0.310 e. The van der Waals surface area contributed by atoms with E-state index in [1.165, 1.54) is 5.57 Å². The van der Waals surface area contributed by atoms with E-state index in [0.717, 1.165) is 44.9 Å². The van der Waals surface area contributed by atoms with Crippen molar-refractivity contribution in [3.63, 3.8) is 0 Å². The lowest BCUT2D eigenvalue weighted by molar-refractivity contribution is -0.247. The highest BCUT2D eigenvalue weighted by molar-refractivity contribution is 5.76. The van der Waals surface area contributed by atoms with E-state index in [4.69, 9.17) is 0 Å². The highest BCUT2D eigenvalue weighted by Crippen LogP contribution is 2.75. The largest absolute Gasteiger partial charge is 0.481 e. The Morgan fingerprint density at radius 1 is 0.941 bits per heavy atom. The summed E-state index contributed by atoms with van der Waals surface area (Å²) in [5, 5.41) is 33.0. The van der Waals surface area contributed by atoms with E-state index in [9.17, 15) is 20.1 Å². The van der Waals surface area contributed by atoms with Crippen molar-refractivity contribution < 1.29 is 20.1 Å². The minimum Gasteiger partial charge on any atom is -0.481 e. The van der Waals surface area contributed by atoms with Gasteiger partial charge >= 0.3 is 5.97 Å². The molecule has 5 aliphatic carbocycles. The second-order valence-electron chi connectivity index (χ2n) is 14.7. The Morgan fingerprint density at radius 2 is 1.62 bits per heavy atom. The predicted octanol–water partition coefficient (Wildman–Crippen LogP) is 6.06. The Bertz CT molecular complexity index is 907. The molecule has 4 fully saturated rings. The third-order valence-corrected chi connectivity index (χ3v) is 13.3. The van der Waals surface area contributed by atoms with Gasteiger partial charge in [0.05, 0.1) is 17.6 Å². The number of aliphatic carboxylic acids is 1. The summed E-state index contributed by atoms with van der Waals surface area (Å²) in [5.41, 5.74) is 0.381. The molecule has 4 saturated carbocycles. The number of carbonyl (C=O) groups is 1. The van der Waals surface area contributed by atoms with Gasteiger partial charge < -0.3 is 15.3 Å². The van der Waals surface area contributed by atoms with Crippen molar-refractivity contribution in [3.8, 4) is 0 Å². The number of hydrogen-bond acceptors (Lipinski definition) is 3. The van der Waals surface area contributed by atoms with Gasteiger partial charge in [0.25, 0.3) is 0 Å². The number of allylic oxidation sites excluding steroid dienone is 2. The van der Waals surface area contributed by atoms with Gasteiger partial charge in [-0.25, -0.2) is 0 Å². The molecule has 0 bridgehead atoms. The Hall–Kier alpha value is -0.870. The minimum atomic E-state index is -0.705. The fourth-order valence-electron chi connectivity index (χ4n) is 11.0. The zero-order valence-corrected chi connectivity index (χ0v) is 22.5. The third-order valence-electron chi connectivity index (χ3n) is 13.3. The molecule has 5 aliphatic rings. The monoisotopic (exact) mass is 472 g/mol. The van der Waals surface area contributed by atoms with Crippen molar-refractivity contribution in [1.29, 1.82) is 0 Å². The van der Waals surface area contributed by atoms with Crippen LogP contribution < -0.4 is 0 Å². The van der Waals surface area contributed by atoms with E-state index in [1.807, 2.05) is 0 Å². The second-order valence-corrected chi connectivity index (χ2v) is 14.7. The molecule has 0 unspecified atom stereocenters. The molecule has 34 heavy (non-hydrogen) atoms. The average Bonchev–Trinajstić information content (AvgIpc) is 2.74. The maximum Gasteiger partial charge on any atom is 0.310 e. The topological polar surface area (TPSA) is 77.8 Å². The summed E-state index contributed by atoms with van der Waals surface area (Å²) in [6.07, 6.45) is 8.28. The molecule has 11 atom stereocenters. The number of rotatable bonds is 1. The van der Waals surface area contributed by atoms with Crippen LogP contribution in [0.4, 0.5) is 0 Å². The first kappa shape index (κ1) is 24.8. The molecule has 0 amide bonds. The predicted molar refractivity (Wildman–Crippen MR) is 134 cm³/mol. The van der Waals surface area contributed by atoms with E-state index in [1.54, 1.807) is 0 Å². The molecule has 0 aromatic heterocycles. The molecule has 0 spiro atoms. The molecular weight excluding hydrogens is 424 g/mol. The number of fused-ring (bicyclic) bond motifs is 7. The number of carboxylic acids is 1. The summed E-state index contributed by atoms with van der Waals surface area (Å²) in [4.78, 5) is 12.8. The highest BCUT2D eigenvalue weighted by atomic mass is 16.4. The van der Waals surface area contributed by atoms with Gasteiger partial charge in [0.1, 0.15) is 0 Å². The molecule has 4 heteroatoms. The lowest BCUT2D eigenvalue weighted by atomic mass is 9.33. The summed E-state index contributed by atoms with van der Waals surface area (Å²) < 4.78 is 0. The molecule has 0 aromatic carbocycles. The van der Waals surface area contributed by atoms with Gasteiger partial charge in [-0.1, -0.05) is 60.1 Å². The lowest BCUT2D eigenvalue weighted by Gasteiger charge is -2.72. The maximum absolute atomic E-state index is 12.8. The quantitative estimate of drug-likeness (QED) is 0.405. The molecular formula is C30H48O4. The second kappa shape index (κ2) is 7.34. The van der Waals surface area contributed by atoms with Gasteiger partial charge in [0.2, 0.25) is 0 Å². The Morgan fingerprint density at radius 3 is 2.26 bits per heavy atom. The number of carboxylic acid groups (broad SMARTS) is 1. The van der Waals surface area contributed by atoms with Crippen LogP contribution in [-0.2, 0) is 4.79 Å². The van der Waals surface area contributed by atoms with Crippen LogP contribution in [0.25, 0.3) is 0 Å². The van der Waals surface area contributed by atoms with Crippen molar-refractivity contribution in [2.75, 3.05) is 0 Å². The van der Waals surface area contributed by atoms with Gasteiger partial charge in [-0.3, -0.25) is 4.79 Å².